The van der Waals surface area contributed by atoms with Gasteiger partial charge in [0.1, 0.15) is 6.29 Å². The van der Waals surface area contributed by atoms with E-state index >= 15 is 0 Å². The number of carboxylic acids is 1. The minimum atomic E-state index is -1.06. The topological polar surface area (TPSA) is 54.4 Å². The van der Waals surface area contributed by atoms with Gasteiger partial charge in [-0.05, 0) is 18.2 Å². The molecule has 0 radical (unpaired) electrons. The third kappa shape index (κ3) is 3.45. The summed E-state index contributed by atoms with van der Waals surface area (Å²) in [4.78, 5) is 20.7. The highest BCUT2D eigenvalue weighted by atomic mass is 35.5. The van der Waals surface area contributed by atoms with E-state index in [0.29, 0.717) is 16.9 Å². The Kier molecular flexibility index (Phi) is 3.90. The monoisotopic (exact) mass is 222 g/mol. The van der Waals surface area contributed by atoms with Gasteiger partial charge in [0.25, 0.3) is 0 Å². The number of benzene rings is 1. The highest BCUT2D eigenvalue weighted by Crippen LogP contribution is 2.14. The fourth-order valence-electron chi connectivity index (χ4n) is 0.980. The van der Waals surface area contributed by atoms with E-state index in [4.69, 9.17) is 16.7 Å². The minimum Gasteiger partial charge on any atom is -0.478 e. The lowest BCUT2D eigenvalue weighted by atomic mass is 10.1. The summed E-state index contributed by atoms with van der Waals surface area (Å²) in [6.07, 6.45) is 0.796. The maximum Gasteiger partial charge on any atom is 0.335 e. The Morgan fingerprint density at radius 2 is 2.20 bits per heavy atom. The molecule has 0 aliphatic carbocycles. The van der Waals surface area contributed by atoms with Gasteiger partial charge in [-0.25, -0.2) is 4.79 Å². The molecule has 1 aromatic carbocycles. The van der Waals surface area contributed by atoms with Crippen LogP contribution >= 0.6 is 11.6 Å². The fourth-order valence-corrected chi connectivity index (χ4v) is 1.22. The molecule has 0 heterocycles. The first-order chi connectivity index (χ1) is 7.13. The Labute approximate surface area is 91.7 Å². The number of carbonyl (C=O) groups excluding carboxylic acids is 1. The molecule has 0 saturated carbocycles. The van der Waals surface area contributed by atoms with Crippen LogP contribution in [0.4, 0.5) is 0 Å². The first-order valence-corrected chi connectivity index (χ1v) is 4.47. The van der Waals surface area contributed by atoms with Crippen molar-refractivity contribution in [3.8, 4) is 11.8 Å². The van der Waals surface area contributed by atoms with Gasteiger partial charge in [-0.3, -0.25) is 0 Å². The van der Waals surface area contributed by atoms with Crippen LogP contribution in [0.5, 0.6) is 0 Å². The van der Waals surface area contributed by atoms with Crippen LogP contribution in [-0.4, -0.2) is 17.4 Å². The molecule has 1 aromatic rings. The molecule has 0 unspecified atom stereocenters. The van der Waals surface area contributed by atoms with E-state index in [9.17, 15) is 9.59 Å². The van der Waals surface area contributed by atoms with Crippen LogP contribution in [0.15, 0.2) is 18.2 Å². The molecule has 0 fully saturated rings. The Hall–Kier alpha value is -1.79. The SMILES string of the molecule is O=CCC#Cc1cc(Cl)cc(C(=O)O)c1. The van der Waals surface area contributed by atoms with E-state index in [1.165, 1.54) is 12.1 Å². The van der Waals surface area contributed by atoms with Gasteiger partial charge in [0.15, 0.2) is 0 Å². The average molecular weight is 223 g/mol. The van der Waals surface area contributed by atoms with Crippen LogP contribution in [-0.2, 0) is 4.79 Å². The van der Waals surface area contributed by atoms with Crippen LogP contribution in [0.3, 0.4) is 0 Å². The molecule has 4 heteroatoms. The molecule has 0 saturated heterocycles. The van der Waals surface area contributed by atoms with E-state index in [0.717, 1.165) is 0 Å². The molecule has 0 bridgehead atoms. The lowest BCUT2D eigenvalue weighted by molar-refractivity contribution is -0.107. The second-order valence-corrected chi connectivity index (χ2v) is 3.14. The molecule has 0 aromatic heterocycles. The number of aldehydes is 1. The number of hydrogen-bond acceptors (Lipinski definition) is 2. The summed E-state index contributed by atoms with van der Waals surface area (Å²) in [7, 11) is 0. The van der Waals surface area contributed by atoms with E-state index in [-0.39, 0.29) is 12.0 Å². The van der Waals surface area contributed by atoms with Crippen LogP contribution < -0.4 is 0 Å². The number of aromatic carboxylic acids is 1. The maximum atomic E-state index is 10.7. The van der Waals surface area contributed by atoms with Crippen molar-refractivity contribution in [2.75, 3.05) is 0 Å². The Balaban J connectivity index is 3.05. The van der Waals surface area contributed by atoms with Crippen molar-refractivity contribution in [2.45, 2.75) is 6.42 Å². The van der Waals surface area contributed by atoms with Crippen LogP contribution in [0.1, 0.15) is 22.3 Å². The molecule has 1 N–H and O–H groups in total. The third-order valence-electron chi connectivity index (χ3n) is 1.56. The molecule has 0 amide bonds. The predicted molar refractivity (Wildman–Crippen MR) is 56.0 cm³/mol. The van der Waals surface area contributed by atoms with Gasteiger partial charge in [-0.2, -0.15) is 0 Å². The summed E-state index contributed by atoms with van der Waals surface area (Å²) < 4.78 is 0. The standard InChI is InChI=1S/C11H7ClO3/c12-10-6-8(3-1-2-4-13)5-9(7-10)11(14)15/h4-7H,2H2,(H,14,15). The summed E-state index contributed by atoms with van der Waals surface area (Å²) in [5.74, 6) is 4.17. The molecular formula is C11H7ClO3. The number of halogens is 1. The van der Waals surface area contributed by atoms with Gasteiger partial charge in [0.2, 0.25) is 0 Å². The molecule has 15 heavy (non-hydrogen) atoms. The molecular weight excluding hydrogens is 216 g/mol. The zero-order valence-electron chi connectivity index (χ0n) is 7.66. The van der Waals surface area contributed by atoms with Crippen molar-refractivity contribution >= 4 is 23.9 Å². The van der Waals surface area contributed by atoms with Crippen molar-refractivity contribution in [3.05, 3.63) is 34.3 Å². The van der Waals surface area contributed by atoms with Gasteiger partial charge >= 0.3 is 5.97 Å². The molecule has 3 nitrogen and oxygen atoms in total. The van der Waals surface area contributed by atoms with E-state index in [1.807, 2.05) is 0 Å². The Morgan fingerprint density at radius 3 is 2.80 bits per heavy atom. The quantitative estimate of drug-likeness (QED) is 0.615. The van der Waals surface area contributed by atoms with Crippen LogP contribution in [0.25, 0.3) is 0 Å². The summed E-state index contributed by atoms with van der Waals surface area (Å²) in [5, 5.41) is 9.05. The van der Waals surface area contributed by atoms with Crippen molar-refractivity contribution < 1.29 is 14.7 Å². The normalized spacial score (nSPS) is 8.87. The first kappa shape index (κ1) is 11.3. The number of hydrogen-bond donors (Lipinski definition) is 1. The molecule has 0 aliphatic heterocycles. The largest absolute Gasteiger partial charge is 0.478 e. The van der Waals surface area contributed by atoms with Gasteiger partial charge in [-0.1, -0.05) is 23.4 Å². The van der Waals surface area contributed by atoms with Crippen molar-refractivity contribution in [3.63, 3.8) is 0 Å². The number of carboxylic acid groups (broad SMARTS) is 1. The average Bonchev–Trinajstić information content (AvgIpc) is 2.17. The molecule has 0 atom stereocenters. The van der Waals surface area contributed by atoms with E-state index in [1.54, 1.807) is 6.07 Å². The smallest absolute Gasteiger partial charge is 0.335 e. The summed E-state index contributed by atoms with van der Waals surface area (Å²) in [6, 6.07) is 4.30. The Bertz CT molecular complexity index is 455. The Morgan fingerprint density at radius 1 is 1.47 bits per heavy atom. The van der Waals surface area contributed by atoms with Gasteiger partial charge in [0, 0.05) is 10.6 Å². The number of carbonyl (C=O) groups is 2. The highest BCUT2D eigenvalue weighted by Gasteiger charge is 2.04. The second-order valence-electron chi connectivity index (χ2n) is 2.71. The maximum absolute atomic E-state index is 10.7. The lowest BCUT2D eigenvalue weighted by Crippen LogP contribution is -1.96. The van der Waals surface area contributed by atoms with Crippen molar-refractivity contribution in [2.24, 2.45) is 0 Å². The zero-order chi connectivity index (χ0) is 11.3. The molecule has 0 aliphatic rings. The van der Waals surface area contributed by atoms with E-state index < -0.39 is 5.97 Å². The summed E-state index contributed by atoms with van der Waals surface area (Å²) >= 11 is 5.71. The highest BCUT2D eigenvalue weighted by molar-refractivity contribution is 6.31. The molecule has 76 valence electrons. The van der Waals surface area contributed by atoms with Gasteiger partial charge < -0.3 is 9.90 Å². The first-order valence-electron chi connectivity index (χ1n) is 4.10. The minimum absolute atomic E-state index is 0.0814. The predicted octanol–water partition coefficient (Wildman–Crippen LogP) is 1.98. The van der Waals surface area contributed by atoms with Crippen molar-refractivity contribution in [1.82, 2.24) is 0 Å². The summed E-state index contributed by atoms with van der Waals surface area (Å²) in [5.41, 5.74) is 0.569. The fraction of sp³-hybridized carbons (Fsp3) is 0.0909. The lowest BCUT2D eigenvalue weighted by Gasteiger charge is -1.97. The second kappa shape index (κ2) is 5.18. The van der Waals surface area contributed by atoms with Crippen LogP contribution in [0.2, 0.25) is 5.02 Å². The zero-order valence-corrected chi connectivity index (χ0v) is 8.41. The molecule has 0 spiro atoms. The third-order valence-corrected chi connectivity index (χ3v) is 1.78. The van der Waals surface area contributed by atoms with Crippen molar-refractivity contribution in [1.29, 1.82) is 0 Å². The van der Waals surface area contributed by atoms with E-state index in [2.05, 4.69) is 11.8 Å². The van der Waals surface area contributed by atoms with Gasteiger partial charge in [0.05, 0.1) is 12.0 Å². The summed E-state index contributed by atoms with van der Waals surface area (Å²) in [6.45, 7) is 0. The number of rotatable bonds is 2. The van der Waals surface area contributed by atoms with Crippen LogP contribution in [0, 0.1) is 11.8 Å². The van der Waals surface area contributed by atoms with Gasteiger partial charge in [-0.15, -0.1) is 0 Å². The molecule has 1 rings (SSSR count).